The first-order valence-electron chi connectivity index (χ1n) is 6.79. The number of benzene rings is 2. The number of ether oxygens (including phenoxy) is 1. The molecule has 2 aromatic rings. The average Bonchev–Trinajstić information content (AvgIpc) is 2.52. The summed E-state index contributed by atoms with van der Waals surface area (Å²) in [6.45, 7) is 1.03. The third-order valence-corrected chi connectivity index (χ3v) is 3.45. The zero-order valence-electron chi connectivity index (χ0n) is 12.3. The van der Waals surface area contributed by atoms with Crippen LogP contribution in [0.15, 0.2) is 53.0 Å². The molecule has 118 valence electrons. The van der Waals surface area contributed by atoms with Crippen molar-refractivity contribution in [3.8, 4) is 0 Å². The predicted molar refractivity (Wildman–Crippen MR) is 89.5 cm³/mol. The van der Waals surface area contributed by atoms with Gasteiger partial charge in [-0.2, -0.15) is 0 Å². The molecule has 0 atom stereocenters. The number of hydrogen-bond donors (Lipinski definition) is 1. The van der Waals surface area contributed by atoms with Crippen molar-refractivity contribution in [3.63, 3.8) is 0 Å². The van der Waals surface area contributed by atoms with Gasteiger partial charge in [0.2, 0.25) is 5.91 Å². The molecule has 2 aromatic carbocycles. The highest BCUT2D eigenvalue weighted by atomic mass is 79.9. The Morgan fingerprint density at radius 3 is 2.39 bits per heavy atom. The van der Waals surface area contributed by atoms with Gasteiger partial charge in [0.05, 0.1) is 5.56 Å². The molecular formula is C17H14BrNO4. The van der Waals surface area contributed by atoms with Crippen LogP contribution in [0, 0.1) is 0 Å². The lowest BCUT2D eigenvalue weighted by atomic mass is 10.1. The molecule has 0 spiro atoms. The topological polar surface area (TPSA) is 72.5 Å². The molecule has 0 bridgehead atoms. The summed E-state index contributed by atoms with van der Waals surface area (Å²) in [5.41, 5.74) is 1.22. The molecule has 0 heterocycles. The second-order valence-electron chi connectivity index (χ2n) is 4.77. The highest BCUT2D eigenvalue weighted by molar-refractivity contribution is 9.10. The lowest BCUT2D eigenvalue weighted by Gasteiger charge is -2.07. The van der Waals surface area contributed by atoms with Crippen molar-refractivity contribution in [2.24, 2.45) is 0 Å². The van der Waals surface area contributed by atoms with Crippen LogP contribution in [0.4, 0.5) is 5.69 Å². The van der Waals surface area contributed by atoms with Crippen molar-refractivity contribution in [2.75, 3.05) is 11.9 Å². The van der Waals surface area contributed by atoms with Crippen LogP contribution in [0.25, 0.3) is 0 Å². The Bertz CT molecular complexity index is 741. The highest BCUT2D eigenvalue weighted by Gasteiger charge is 2.12. The van der Waals surface area contributed by atoms with E-state index in [0.29, 0.717) is 11.3 Å². The number of anilines is 1. The first-order chi connectivity index (χ1) is 11.0. The number of amides is 1. The fourth-order valence-corrected chi connectivity index (χ4v) is 2.13. The molecule has 6 heteroatoms. The van der Waals surface area contributed by atoms with Crippen LogP contribution >= 0.6 is 15.9 Å². The zero-order valence-corrected chi connectivity index (χ0v) is 13.9. The average molecular weight is 376 g/mol. The van der Waals surface area contributed by atoms with E-state index in [1.165, 1.54) is 13.0 Å². The van der Waals surface area contributed by atoms with E-state index >= 15 is 0 Å². The molecule has 2 rings (SSSR count). The van der Waals surface area contributed by atoms with E-state index in [1.807, 2.05) is 0 Å². The summed E-state index contributed by atoms with van der Waals surface area (Å²) in [7, 11) is 0. The largest absolute Gasteiger partial charge is 0.454 e. The summed E-state index contributed by atoms with van der Waals surface area (Å²) >= 11 is 3.28. The van der Waals surface area contributed by atoms with Crippen molar-refractivity contribution in [2.45, 2.75) is 6.92 Å². The molecule has 0 unspecified atom stereocenters. The van der Waals surface area contributed by atoms with E-state index in [0.717, 1.165) is 4.47 Å². The van der Waals surface area contributed by atoms with Crippen LogP contribution in [-0.4, -0.2) is 24.3 Å². The van der Waals surface area contributed by atoms with Crippen molar-refractivity contribution in [3.05, 3.63) is 64.1 Å². The Balaban J connectivity index is 1.98. The lowest BCUT2D eigenvalue weighted by molar-refractivity contribution is -0.114. The number of esters is 1. The quantitative estimate of drug-likeness (QED) is 0.641. The molecule has 0 fully saturated rings. The van der Waals surface area contributed by atoms with Gasteiger partial charge in [-0.3, -0.25) is 9.59 Å². The Morgan fingerprint density at radius 2 is 1.74 bits per heavy atom. The van der Waals surface area contributed by atoms with E-state index in [1.54, 1.807) is 42.5 Å². The van der Waals surface area contributed by atoms with Gasteiger partial charge >= 0.3 is 5.97 Å². The maximum absolute atomic E-state index is 12.0. The van der Waals surface area contributed by atoms with Crippen LogP contribution in [0.1, 0.15) is 27.6 Å². The van der Waals surface area contributed by atoms with Gasteiger partial charge in [-0.15, -0.1) is 0 Å². The van der Waals surface area contributed by atoms with Crippen molar-refractivity contribution in [1.29, 1.82) is 0 Å². The number of carbonyl (C=O) groups is 3. The van der Waals surface area contributed by atoms with E-state index in [-0.39, 0.29) is 23.9 Å². The fraction of sp³-hybridized carbons (Fsp3) is 0.118. The minimum absolute atomic E-state index is 0.235. The second-order valence-corrected chi connectivity index (χ2v) is 5.68. The van der Waals surface area contributed by atoms with Gasteiger partial charge in [-0.1, -0.05) is 34.1 Å². The monoisotopic (exact) mass is 375 g/mol. The first-order valence-corrected chi connectivity index (χ1v) is 7.58. The number of ketones is 1. The molecule has 0 aliphatic rings. The minimum Gasteiger partial charge on any atom is -0.454 e. The van der Waals surface area contributed by atoms with Gasteiger partial charge < -0.3 is 10.1 Å². The number of rotatable bonds is 5. The van der Waals surface area contributed by atoms with Crippen LogP contribution in [0.2, 0.25) is 0 Å². The van der Waals surface area contributed by atoms with Gasteiger partial charge in [-0.25, -0.2) is 4.79 Å². The molecule has 0 aromatic heterocycles. The molecule has 0 saturated carbocycles. The molecule has 5 nitrogen and oxygen atoms in total. The molecule has 1 N–H and O–H groups in total. The van der Waals surface area contributed by atoms with Crippen molar-refractivity contribution < 1.29 is 19.1 Å². The lowest BCUT2D eigenvalue weighted by Crippen LogP contribution is -2.14. The molecule has 0 radical (unpaired) electrons. The zero-order chi connectivity index (χ0) is 16.8. The Labute approximate surface area is 141 Å². The molecule has 0 aliphatic carbocycles. The van der Waals surface area contributed by atoms with E-state index in [4.69, 9.17) is 4.74 Å². The minimum atomic E-state index is -0.623. The summed E-state index contributed by atoms with van der Waals surface area (Å²) in [6.07, 6.45) is 0. The third kappa shape index (κ3) is 5.03. The predicted octanol–water partition coefficient (Wildman–Crippen LogP) is 3.45. The smallest absolute Gasteiger partial charge is 0.338 e. The molecule has 0 saturated heterocycles. The Morgan fingerprint density at radius 1 is 1.04 bits per heavy atom. The summed E-state index contributed by atoms with van der Waals surface area (Å²) in [4.78, 5) is 34.9. The van der Waals surface area contributed by atoms with Gasteiger partial charge in [0.1, 0.15) is 0 Å². The first kappa shape index (κ1) is 16.9. The summed E-state index contributed by atoms with van der Waals surface area (Å²) in [5, 5.41) is 2.58. The van der Waals surface area contributed by atoms with Crippen LogP contribution in [0.3, 0.4) is 0 Å². The molecular weight excluding hydrogens is 362 g/mol. The van der Waals surface area contributed by atoms with Crippen LogP contribution in [-0.2, 0) is 9.53 Å². The molecule has 23 heavy (non-hydrogen) atoms. The van der Waals surface area contributed by atoms with E-state index in [2.05, 4.69) is 21.2 Å². The van der Waals surface area contributed by atoms with E-state index in [9.17, 15) is 14.4 Å². The van der Waals surface area contributed by atoms with Crippen LogP contribution in [0.5, 0.6) is 0 Å². The van der Waals surface area contributed by atoms with Crippen molar-refractivity contribution in [1.82, 2.24) is 0 Å². The van der Waals surface area contributed by atoms with Gasteiger partial charge in [0.25, 0.3) is 0 Å². The third-order valence-electron chi connectivity index (χ3n) is 2.92. The van der Waals surface area contributed by atoms with Crippen LogP contribution < -0.4 is 5.32 Å². The number of Topliss-reactive ketones (excluding diaryl/α,β-unsaturated/α-hetero) is 1. The summed E-state index contributed by atoms with van der Waals surface area (Å²) < 4.78 is 5.88. The Kier molecular flexibility index (Phi) is 5.65. The fourth-order valence-electron chi connectivity index (χ4n) is 1.86. The van der Waals surface area contributed by atoms with E-state index < -0.39 is 5.97 Å². The maximum atomic E-state index is 12.0. The number of nitrogens with one attached hydrogen (secondary N) is 1. The standard InChI is InChI=1S/C17H14BrNO4/c1-11(20)19-15-4-2-3-13(9-15)17(22)23-10-16(21)12-5-7-14(18)8-6-12/h2-9H,10H2,1H3,(H,19,20). The highest BCUT2D eigenvalue weighted by Crippen LogP contribution is 2.13. The normalized spacial score (nSPS) is 10.0. The number of carbonyl (C=O) groups excluding carboxylic acids is 3. The van der Waals surface area contributed by atoms with Gasteiger partial charge in [0, 0.05) is 22.6 Å². The summed E-state index contributed by atoms with van der Waals surface area (Å²) in [5.74, 6) is -1.15. The Hall–Kier alpha value is -2.47. The SMILES string of the molecule is CC(=O)Nc1cccc(C(=O)OCC(=O)c2ccc(Br)cc2)c1. The second kappa shape index (κ2) is 7.69. The molecule has 0 aliphatic heterocycles. The van der Waals surface area contributed by atoms with Gasteiger partial charge in [0.15, 0.2) is 12.4 Å². The van der Waals surface area contributed by atoms with Gasteiger partial charge in [-0.05, 0) is 30.3 Å². The van der Waals surface area contributed by atoms with Crippen molar-refractivity contribution >= 4 is 39.3 Å². The maximum Gasteiger partial charge on any atom is 0.338 e. The molecule has 1 amide bonds. The number of halogens is 1. The number of hydrogen-bond acceptors (Lipinski definition) is 4. The summed E-state index contributed by atoms with van der Waals surface area (Å²) in [6, 6.07) is 13.1.